The molecule has 2 aromatic heterocycles. The maximum atomic E-state index is 12.6. The molecular weight excluding hydrogens is 223 g/mol. The van der Waals surface area contributed by atoms with E-state index in [1.807, 2.05) is 0 Å². The van der Waals surface area contributed by atoms with Gasteiger partial charge in [0.2, 0.25) is 11.8 Å². The molecule has 0 fully saturated rings. The summed E-state index contributed by atoms with van der Waals surface area (Å²) in [7, 11) is 0. The summed E-state index contributed by atoms with van der Waals surface area (Å²) < 4.78 is 42.8. The van der Waals surface area contributed by atoms with Gasteiger partial charge in [0.15, 0.2) is 0 Å². The van der Waals surface area contributed by atoms with Crippen molar-refractivity contribution in [2.24, 2.45) is 0 Å². The molecule has 2 rings (SSSR count). The highest BCUT2D eigenvalue weighted by Crippen LogP contribution is 2.35. The van der Waals surface area contributed by atoms with Crippen LogP contribution in [0.2, 0.25) is 0 Å². The second kappa shape index (κ2) is 3.58. The van der Waals surface area contributed by atoms with Crippen molar-refractivity contribution >= 4 is 0 Å². The van der Waals surface area contributed by atoms with Crippen molar-refractivity contribution in [3.05, 3.63) is 29.9 Å². The fourth-order valence-corrected chi connectivity index (χ4v) is 1.22. The lowest BCUT2D eigenvalue weighted by molar-refractivity contribution is -0.137. The predicted molar refractivity (Wildman–Crippen MR) is 47.3 cm³/mol. The third kappa shape index (κ3) is 1.88. The number of aryl methyl sites for hydroxylation is 1. The summed E-state index contributed by atoms with van der Waals surface area (Å²) in [5.41, 5.74) is -1.05. The molecular formula is C9H6F3N3O. The molecule has 0 spiro atoms. The Morgan fingerprint density at radius 1 is 1.25 bits per heavy atom. The third-order valence-corrected chi connectivity index (χ3v) is 1.88. The van der Waals surface area contributed by atoms with Gasteiger partial charge in [0.05, 0.1) is 11.1 Å². The Morgan fingerprint density at radius 3 is 2.56 bits per heavy atom. The predicted octanol–water partition coefficient (Wildman–Crippen LogP) is 2.46. The smallest absolute Gasteiger partial charge is 0.417 e. The SMILES string of the molecule is Cc1nnc(-c2cnccc2C(F)(F)F)o1. The maximum absolute atomic E-state index is 12.6. The molecule has 0 saturated heterocycles. The summed E-state index contributed by atoms with van der Waals surface area (Å²) in [6, 6.07) is 0.870. The zero-order valence-corrected chi connectivity index (χ0v) is 8.12. The Kier molecular flexibility index (Phi) is 2.37. The molecule has 0 radical (unpaired) electrons. The van der Waals surface area contributed by atoms with Gasteiger partial charge in [-0.05, 0) is 6.07 Å². The number of nitrogens with zero attached hydrogens (tertiary/aromatic N) is 3. The van der Waals surface area contributed by atoms with Gasteiger partial charge in [-0.25, -0.2) is 0 Å². The molecule has 2 heterocycles. The molecule has 0 amide bonds. The number of rotatable bonds is 1. The molecule has 7 heteroatoms. The zero-order valence-electron chi connectivity index (χ0n) is 8.12. The van der Waals surface area contributed by atoms with E-state index in [9.17, 15) is 13.2 Å². The first-order valence-electron chi connectivity index (χ1n) is 4.30. The van der Waals surface area contributed by atoms with E-state index < -0.39 is 11.7 Å². The lowest BCUT2D eigenvalue weighted by atomic mass is 10.1. The normalized spacial score (nSPS) is 11.8. The molecule has 84 valence electrons. The highest BCUT2D eigenvalue weighted by atomic mass is 19.4. The second-order valence-electron chi connectivity index (χ2n) is 3.05. The number of alkyl halides is 3. The van der Waals surface area contributed by atoms with Gasteiger partial charge in [-0.1, -0.05) is 0 Å². The van der Waals surface area contributed by atoms with E-state index in [1.54, 1.807) is 0 Å². The number of pyridine rings is 1. The van der Waals surface area contributed by atoms with E-state index in [2.05, 4.69) is 15.2 Å². The van der Waals surface area contributed by atoms with Crippen LogP contribution >= 0.6 is 0 Å². The van der Waals surface area contributed by atoms with Gasteiger partial charge >= 0.3 is 6.18 Å². The molecule has 0 atom stereocenters. The first-order chi connectivity index (χ1) is 7.48. The Labute approximate surface area is 88.1 Å². The Morgan fingerprint density at radius 2 is 2.00 bits per heavy atom. The van der Waals surface area contributed by atoms with Gasteiger partial charge in [-0.15, -0.1) is 10.2 Å². The molecule has 0 aliphatic rings. The topological polar surface area (TPSA) is 51.8 Å². The highest BCUT2D eigenvalue weighted by Gasteiger charge is 2.35. The first kappa shape index (κ1) is 10.6. The molecule has 0 N–H and O–H groups in total. The average Bonchev–Trinajstić information content (AvgIpc) is 2.64. The largest absolute Gasteiger partial charge is 0.421 e. The lowest BCUT2D eigenvalue weighted by Gasteiger charge is -2.08. The van der Waals surface area contributed by atoms with Gasteiger partial charge in [-0.2, -0.15) is 13.2 Å². The number of halogens is 3. The van der Waals surface area contributed by atoms with Crippen LogP contribution in [-0.2, 0) is 6.18 Å². The average molecular weight is 229 g/mol. The highest BCUT2D eigenvalue weighted by molar-refractivity contribution is 5.57. The molecule has 0 aliphatic heterocycles. The third-order valence-electron chi connectivity index (χ3n) is 1.88. The van der Waals surface area contributed by atoms with Crippen LogP contribution in [0.3, 0.4) is 0 Å². The Hall–Kier alpha value is -1.92. The standard InChI is InChI=1S/C9H6F3N3O/c1-5-14-15-8(16-5)6-4-13-3-2-7(6)9(10,11)12/h2-4H,1H3. The van der Waals surface area contributed by atoms with E-state index >= 15 is 0 Å². The molecule has 0 saturated carbocycles. The van der Waals surface area contributed by atoms with Crippen molar-refractivity contribution in [3.8, 4) is 11.5 Å². The molecule has 0 aromatic carbocycles. The summed E-state index contributed by atoms with van der Waals surface area (Å²) in [4.78, 5) is 3.62. The number of hydrogen-bond acceptors (Lipinski definition) is 4. The van der Waals surface area contributed by atoms with Crippen LogP contribution in [0.4, 0.5) is 13.2 Å². The zero-order chi connectivity index (χ0) is 11.8. The van der Waals surface area contributed by atoms with Crippen molar-refractivity contribution < 1.29 is 17.6 Å². The molecule has 0 unspecified atom stereocenters. The number of aromatic nitrogens is 3. The van der Waals surface area contributed by atoms with E-state index in [1.165, 1.54) is 6.92 Å². The van der Waals surface area contributed by atoms with Crippen molar-refractivity contribution in [2.45, 2.75) is 13.1 Å². The summed E-state index contributed by atoms with van der Waals surface area (Å²) in [5, 5.41) is 7.01. The summed E-state index contributed by atoms with van der Waals surface area (Å²) in [5.74, 6) is 0.0184. The molecule has 16 heavy (non-hydrogen) atoms. The van der Waals surface area contributed by atoms with Crippen LogP contribution in [0.5, 0.6) is 0 Å². The van der Waals surface area contributed by atoms with Crippen molar-refractivity contribution in [1.82, 2.24) is 15.2 Å². The van der Waals surface area contributed by atoms with Crippen molar-refractivity contribution in [3.63, 3.8) is 0 Å². The lowest BCUT2D eigenvalue weighted by Crippen LogP contribution is -2.07. The second-order valence-corrected chi connectivity index (χ2v) is 3.05. The maximum Gasteiger partial charge on any atom is 0.417 e. The first-order valence-corrected chi connectivity index (χ1v) is 4.30. The van der Waals surface area contributed by atoms with Crippen LogP contribution in [0.15, 0.2) is 22.9 Å². The van der Waals surface area contributed by atoms with Crippen LogP contribution in [0.1, 0.15) is 11.5 Å². The molecule has 0 aliphatic carbocycles. The fraction of sp³-hybridized carbons (Fsp3) is 0.222. The summed E-state index contributed by atoms with van der Waals surface area (Å²) >= 11 is 0. The minimum Gasteiger partial charge on any atom is -0.421 e. The van der Waals surface area contributed by atoms with Gasteiger partial charge < -0.3 is 4.42 Å². The fourth-order valence-electron chi connectivity index (χ4n) is 1.22. The monoisotopic (exact) mass is 229 g/mol. The van der Waals surface area contributed by atoms with E-state index in [0.29, 0.717) is 0 Å². The number of hydrogen-bond donors (Lipinski definition) is 0. The quantitative estimate of drug-likeness (QED) is 0.753. The Balaban J connectivity index is 2.57. The van der Waals surface area contributed by atoms with Gasteiger partial charge in [0.25, 0.3) is 0 Å². The van der Waals surface area contributed by atoms with Crippen molar-refractivity contribution in [1.29, 1.82) is 0 Å². The summed E-state index contributed by atoms with van der Waals surface area (Å²) in [6.45, 7) is 1.50. The van der Waals surface area contributed by atoms with E-state index in [-0.39, 0.29) is 17.3 Å². The van der Waals surface area contributed by atoms with Crippen LogP contribution in [0, 0.1) is 6.92 Å². The van der Waals surface area contributed by atoms with Crippen LogP contribution in [0.25, 0.3) is 11.5 Å². The van der Waals surface area contributed by atoms with Gasteiger partial charge in [0.1, 0.15) is 0 Å². The minimum atomic E-state index is -4.47. The van der Waals surface area contributed by atoms with E-state index in [0.717, 1.165) is 18.5 Å². The Bertz CT molecular complexity index is 507. The molecule has 2 aromatic rings. The van der Waals surface area contributed by atoms with E-state index in [4.69, 9.17) is 4.42 Å². The van der Waals surface area contributed by atoms with Gasteiger partial charge in [0, 0.05) is 19.3 Å². The van der Waals surface area contributed by atoms with Gasteiger partial charge in [-0.3, -0.25) is 4.98 Å². The van der Waals surface area contributed by atoms with Crippen molar-refractivity contribution in [2.75, 3.05) is 0 Å². The summed E-state index contributed by atoms with van der Waals surface area (Å²) in [6.07, 6.45) is -2.36. The minimum absolute atomic E-state index is 0.182. The molecule has 4 nitrogen and oxygen atoms in total. The van der Waals surface area contributed by atoms with Crippen LogP contribution < -0.4 is 0 Å². The molecule has 0 bridgehead atoms. The van der Waals surface area contributed by atoms with Crippen LogP contribution in [-0.4, -0.2) is 15.2 Å².